The number of hydrogen-bond donors (Lipinski definition) is 2. The summed E-state index contributed by atoms with van der Waals surface area (Å²) in [4.78, 5) is 25.9. The molecule has 212 valence electrons. The Bertz CT molecular complexity index is 1410. The number of anilines is 1. The molecule has 11 heteroatoms. The highest BCUT2D eigenvalue weighted by molar-refractivity contribution is 8.01. The van der Waals surface area contributed by atoms with Crippen LogP contribution in [0, 0.1) is 0 Å². The Kier molecular flexibility index (Phi) is 9.96. The van der Waals surface area contributed by atoms with E-state index in [4.69, 9.17) is 11.6 Å². The number of aromatic nitrogens is 4. The van der Waals surface area contributed by atoms with Gasteiger partial charge in [0.15, 0.2) is 5.01 Å². The van der Waals surface area contributed by atoms with Crippen LogP contribution in [0.5, 0.6) is 0 Å². The molecular weight excluding hydrogens is 562 g/mol. The SMILES string of the molecule is CC.O=C(NC(CCN1CCCCC1)c1cc(NSC2CC2)ccn1)c1ncc(-c2cnn3ccc(Cl)cc23)s1. The summed E-state index contributed by atoms with van der Waals surface area (Å²) in [6.07, 6.45) is 14.3. The van der Waals surface area contributed by atoms with Crippen molar-refractivity contribution in [1.29, 1.82) is 0 Å². The van der Waals surface area contributed by atoms with Crippen LogP contribution in [-0.2, 0) is 0 Å². The molecule has 1 unspecified atom stereocenters. The summed E-state index contributed by atoms with van der Waals surface area (Å²) in [5.41, 5.74) is 3.67. The van der Waals surface area contributed by atoms with Gasteiger partial charge in [-0.1, -0.05) is 31.9 Å². The van der Waals surface area contributed by atoms with Crippen molar-refractivity contribution < 1.29 is 4.79 Å². The fourth-order valence-corrected chi connectivity index (χ4v) is 6.50. The second-order valence-corrected chi connectivity index (χ2v) is 12.4. The van der Waals surface area contributed by atoms with Crippen LogP contribution in [0.25, 0.3) is 16.0 Å². The molecule has 1 saturated carbocycles. The normalized spacial score (nSPS) is 16.3. The van der Waals surface area contributed by atoms with Crippen LogP contribution in [0.3, 0.4) is 0 Å². The number of thiazole rings is 1. The topological polar surface area (TPSA) is 87.5 Å². The third-order valence-electron chi connectivity index (χ3n) is 6.94. The Balaban J connectivity index is 0.00000158. The van der Waals surface area contributed by atoms with E-state index in [0.29, 0.717) is 15.3 Å². The van der Waals surface area contributed by atoms with Gasteiger partial charge in [0.2, 0.25) is 0 Å². The van der Waals surface area contributed by atoms with Crippen molar-refractivity contribution in [2.24, 2.45) is 0 Å². The molecule has 1 aliphatic heterocycles. The standard InChI is InChI=1S/C27H30ClN7OS2.C2H6/c28-18-7-13-35-24(14-18)21(16-31-35)25-17-30-27(37-25)26(36)32-22(8-12-34-10-2-1-3-11-34)23-15-19(6-9-29-23)33-38-20-4-5-20;1-2/h6-7,9,13-17,20,22H,1-5,8,10-12H2,(H,29,33)(H,32,36);1-2H3. The van der Waals surface area contributed by atoms with Crippen molar-refractivity contribution >= 4 is 52.0 Å². The van der Waals surface area contributed by atoms with Gasteiger partial charge in [0.05, 0.1) is 28.3 Å². The van der Waals surface area contributed by atoms with Crippen molar-refractivity contribution in [1.82, 2.24) is 29.8 Å². The Morgan fingerprint density at radius 3 is 2.77 bits per heavy atom. The average Bonchev–Trinajstić information content (AvgIpc) is 3.53. The van der Waals surface area contributed by atoms with Crippen LogP contribution in [0.1, 0.15) is 73.9 Å². The summed E-state index contributed by atoms with van der Waals surface area (Å²) in [7, 11) is 0. The fraction of sp³-hybridized carbons (Fsp3) is 0.448. The van der Waals surface area contributed by atoms with E-state index in [-0.39, 0.29) is 11.9 Å². The van der Waals surface area contributed by atoms with E-state index in [2.05, 4.69) is 36.1 Å². The number of rotatable bonds is 10. The summed E-state index contributed by atoms with van der Waals surface area (Å²) >= 11 is 9.34. The van der Waals surface area contributed by atoms with E-state index in [1.807, 2.05) is 38.4 Å². The maximum Gasteiger partial charge on any atom is 0.280 e. The number of nitrogens with zero attached hydrogens (tertiary/aromatic N) is 5. The Morgan fingerprint density at radius 1 is 1.15 bits per heavy atom. The molecule has 4 aromatic rings. The first-order valence-corrected chi connectivity index (χ1v) is 16.2. The molecule has 1 atom stereocenters. The molecule has 8 nitrogen and oxygen atoms in total. The predicted octanol–water partition coefficient (Wildman–Crippen LogP) is 7.10. The quantitative estimate of drug-likeness (QED) is 0.188. The minimum absolute atomic E-state index is 0.188. The molecule has 4 aromatic heterocycles. The molecule has 1 amide bonds. The van der Waals surface area contributed by atoms with Crippen LogP contribution < -0.4 is 10.0 Å². The maximum atomic E-state index is 13.4. The van der Waals surface area contributed by atoms with Gasteiger partial charge in [-0.25, -0.2) is 9.50 Å². The summed E-state index contributed by atoms with van der Waals surface area (Å²) in [6.45, 7) is 7.16. The first kappa shape index (κ1) is 28.9. The lowest BCUT2D eigenvalue weighted by atomic mass is 10.1. The zero-order valence-electron chi connectivity index (χ0n) is 23.0. The average molecular weight is 598 g/mol. The molecule has 6 rings (SSSR count). The molecular formula is C29H36ClN7OS2. The zero-order chi connectivity index (χ0) is 27.9. The summed E-state index contributed by atoms with van der Waals surface area (Å²) in [5.74, 6) is -0.188. The van der Waals surface area contributed by atoms with Gasteiger partial charge < -0.3 is 14.9 Å². The van der Waals surface area contributed by atoms with Crippen molar-refractivity contribution in [2.45, 2.75) is 63.7 Å². The van der Waals surface area contributed by atoms with Gasteiger partial charge in [0.1, 0.15) is 0 Å². The molecule has 0 radical (unpaired) electrons. The van der Waals surface area contributed by atoms with Crippen molar-refractivity contribution in [3.8, 4) is 10.4 Å². The van der Waals surface area contributed by atoms with Crippen molar-refractivity contribution in [2.75, 3.05) is 24.4 Å². The highest BCUT2D eigenvalue weighted by atomic mass is 35.5. The molecule has 1 saturated heterocycles. The molecule has 0 bridgehead atoms. The number of fused-ring (bicyclic) bond motifs is 1. The van der Waals surface area contributed by atoms with Crippen LogP contribution >= 0.6 is 34.9 Å². The van der Waals surface area contributed by atoms with Crippen LogP contribution in [0.4, 0.5) is 5.69 Å². The third-order valence-corrected chi connectivity index (χ3v) is 9.37. The molecule has 2 fully saturated rings. The number of nitrogens with one attached hydrogen (secondary N) is 2. The van der Waals surface area contributed by atoms with Crippen LogP contribution in [0.2, 0.25) is 5.02 Å². The monoisotopic (exact) mass is 597 g/mol. The maximum absolute atomic E-state index is 13.4. The molecule has 5 heterocycles. The minimum Gasteiger partial charge on any atom is -0.342 e. The van der Waals surface area contributed by atoms with Gasteiger partial charge in [0, 0.05) is 46.7 Å². The van der Waals surface area contributed by atoms with Gasteiger partial charge in [-0.3, -0.25) is 9.78 Å². The van der Waals surface area contributed by atoms with E-state index >= 15 is 0 Å². The largest absolute Gasteiger partial charge is 0.342 e. The molecule has 1 aliphatic carbocycles. The molecule has 2 N–H and O–H groups in total. The number of pyridine rings is 2. The smallest absolute Gasteiger partial charge is 0.280 e. The highest BCUT2D eigenvalue weighted by Gasteiger charge is 2.24. The number of piperidine rings is 1. The number of carbonyl (C=O) groups is 1. The summed E-state index contributed by atoms with van der Waals surface area (Å²) in [5, 5.41) is 9.40. The first-order chi connectivity index (χ1) is 19.6. The van der Waals surface area contributed by atoms with Gasteiger partial charge in [-0.15, -0.1) is 11.3 Å². The second kappa shape index (κ2) is 13.8. The summed E-state index contributed by atoms with van der Waals surface area (Å²) in [6, 6.07) is 7.50. The third kappa shape index (κ3) is 7.34. The van der Waals surface area contributed by atoms with E-state index in [1.54, 1.807) is 34.9 Å². The van der Waals surface area contributed by atoms with E-state index in [0.717, 1.165) is 53.4 Å². The van der Waals surface area contributed by atoms with Gasteiger partial charge in [-0.05, 0) is 81.4 Å². The minimum atomic E-state index is -0.208. The van der Waals surface area contributed by atoms with Crippen molar-refractivity contribution in [3.63, 3.8) is 0 Å². The lowest BCUT2D eigenvalue weighted by Crippen LogP contribution is -2.35. The van der Waals surface area contributed by atoms with E-state index in [1.165, 1.54) is 43.4 Å². The molecule has 0 aromatic carbocycles. The van der Waals surface area contributed by atoms with E-state index < -0.39 is 0 Å². The fourth-order valence-electron chi connectivity index (χ4n) is 4.70. The number of carbonyl (C=O) groups excluding carboxylic acids is 1. The first-order valence-electron chi connectivity index (χ1n) is 14.1. The second-order valence-electron chi connectivity index (χ2n) is 9.87. The summed E-state index contributed by atoms with van der Waals surface area (Å²) < 4.78 is 5.23. The van der Waals surface area contributed by atoms with Crippen molar-refractivity contribution in [3.05, 3.63) is 64.8 Å². The van der Waals surface area contributed by atoms with Crippen LogP contribution in [0.15, 0.2) is 49.1 Å². The van der Waals surface area contributed by atoms with Gasteiger partial charge in [-0.2, -0.15) is 5.10 Å². The number of amides is 1. The molecule has 0 spiro atoms. The van der Waals surface area contributed by atoms with Gasteiger partial charge in [0.25, 0.3) is 5.91 Å². The molecule has 2 aliphatic rings. The lowest BCUT2D eigenvalue weighted by molar-refractivity contribution is 0.0928. The number of hydrogen-bond acceptors (Lipinski definition) is 8. The number of likely N-dealkylation sites (tertiary alicyclic amines) is 1. The highest BCUT2D eigenvalue weighted by Crippen LogP contribution is 2.35. The van der Waals surface area contributed by atoms with Gasteiger partial charge >= 0.3 is 0 Å². The lowest BCUT2D eigenvalue weighted by Gasteiger charge is -2.28. The number of halogens is 1. The Hall–Kier alpha value is -2.66. The predicted molar refractivity (Wildman–Crippen MR) is 166 cm³/mol. The Morgan fingerprint density at radius 2 is 1.98 bits per heavy atom. The van der Waals surface area contributed by atoms with Crippen LogP contribution in [-0.4, -0.2) is 55.3 Å². The Labute approximate surface area is 249 Å². The zero-order valence-corrected chi connectivity index (χ0v) is 25.4. The van der Waals surface area contributed by atoms with E-state index in [9.17, 15) is 4.79 Å². The molecule has 40 heavy (non-hydrogen) atoms.